The molecule has 1 aliphatic carbocycles. The minimum Gasteiger partial charge on any atom is -0.375 e. The fourth-order valence-corrected chi connectivity index (χ4v) is 3.21. The first-order valence-electron chi connectivity index (χ1n) is 10.6. The van der Waals surface area contributed by atoms with Crippen molar-refractivity contribution < 1.29 is 22.0 Å². The third kappa shape index (κ3) is 10.3. The SMILES string of the molecule is C=C(CN)Nc1cc(C(C)N(CCC(F)(F)F)C(=C)NC)ccn1.FC1(F)CCCCC1. The Kier molecular flexibility index (Phi) is 10.9. The van der Waals surface area contributed by atoms with E-state index in [0.29, 0.717) is 30.2 Å². The van der Waals surface area contributed by atoms with Crippen LogP contribution >= 0.6 is 0 Å². The molecule has 1 heterocycles. The molecule has 1 saturated carbocycles. The summed E-state index contributed by atoms with van der Waals surface area (Å²) in [7, 11) is 1.63. The summed E-state index contributed by atoms with van der Waals surface area (Å²) in [6, 6.07) is 3.20. The number of alkyl halides is 5. The molecule has 4 N–H and O–H groups in total. The molecule has 1 fully saturated rings. The molecule has 1 aromatic heterocycles. The first-order valence-corrected chi connectivity index (χ1v) is 10.6. The van der Waals surface area contributed by atoms with Crippen LogP contribution in [0.15, 0.2) is 43.0 Å². The summed E-state index contributed by atoms with van der Waals surface area (Å²) in [5.74, 6) is -1.36. The first kappa shape index (κ1) is 27.7. The van der Waals surface area contributed by atoms with Crippen molar-refractivity contribution in [1.82, 2.24) is 15.2 Å². The molecule has 0 bridgehead atoms. The summed E-state index contributed by atoms with van der Waals surface area (Å²) in [6.45, 7) is 9.42. The molecule has 0 aromatic carbocycles. The van der Waals surface area contributed by atoms with Crippen molar-refractivity contribution in [2.75, 3.05) is 25.5 Å². The lowest BCUT2D eigenvalue weighted by molar-refractivity contribution is -0.138. The van der Waals surface area contributed by atoms with Crippen LogP contribution in [-0.2, 0) is 0 Å². The minimum atomic E-state index is -4.23. The van der Waals surface area contributed by atoms with Crippen LogP contribution < -0.4 is 16.4 Å². The average Bonchev–Trinajstić information content (AvgIpc) is 2.73. The molecule has 0 aliphatic heterocycles. The summed E-state index contributed by atoms with van der Waals surface area (Å²) >= 11 is 0. The van der Waals surface area contributed by atoms with E-state index in [4.69, 9.17) is 5.73 Å². The number of nitrogens with zero attached hydrogens (tertiary/aromatic N) is 2. The van der Waals surface area contributed by atoms with E-state index in [2.05, 4.69) is 28.8 Å². The zero-order chi connectivity index (χ0) is 24.4. The van der Waals surface area contributed by atoms with Crippen molar-refractivity contribution >= 4 is 5.82 Å². The van der Waals surface area contributed by atoms with Crippen molar-refractivity contribution in [3.8, 4) is 0 Å². The van der Waals surface area contributed by atoms with Gasteiger partial charge in [-0.3, -0.25) is 0 Å². The number of aromatic nitrogens is 1. The van der Waals surface area contributed by atoms with Crippen molar-refractivity contribution in [3.05, 3.63) is 48.6 Å². The highest BCUT2D eigenvalue weighted by atomic mass is 19.4. The number of hydrogen-bond donors (Lipinski definition) is 3. The molecular weight excluding hydrogens is 429 g/mol. The normalized spacial score (nSPS) is 16.2. The number of anilines is 1. The van der Waals surface area contributed by atoms with Crippen LogP contribution in [0.4, 0.5) is 27.8 Å². The maximum Gasteiger partial charge on any atom is 0.390 e. The van der Waals surface area contributed by atoms with Gasteiger partial charge in [0.25, 0.3) is 0 Å². The molecule has 2 rings (SSSR count). The highest BCUT2D eigenvalue weighted by molar-refractivity contribution is 5.43. The van der Waals surface area contributed by atoms with Gasteiger partial charge in [0.05, 0.1) is 18.3 Å². The van der Waals surface area contributed by atoms with Gasteiger partial charge in [-0.2, -0.15) is 13.2 Å². The fourth-order valence-electron chi connectivity index (χ4n) is 3.21. The third-order valence-electron chi connectivity index (χ3n) is 5.14. The lowest BCUT2D eigenvalue weighted by Crippen LogP contribution is -2.34. The summed E-state index contributed by atoms with van der Waals surface area (Å²) in [6.07, 6.45) is -0.897. The van der Waals surface area contributed by atoms with Gasteiger partial charge in [-0.25, -0.2) is 13.8 Å². The lowest BCUT2D eigenvalue weighted by Gasteiger charge is -2.33. The highest BCUT2D eigenvalue weighted by Gasteiger charge is 2.30. The zero-order valence-corrected chi connectivity index (χ0v) is 18.7. The number of hydrogen-bond acceptors (Lipinski definition) is 5. The van der Waals surface area contributed by atoms with E-state index in [-0.39, 0.29) is 32.0 Å². The molecule has 10 heteroatoms. The van der Waals surface area contributed by atoms with Gasteiger partial charge in [-0.1, -0.05) is 19.6 Å². The average molecular weight is 464 g/mol. The lowest BCUT2D eigenvalue weighted by atomic mass is 9.97. The van der Waals surface area contributed by atoms with Crippen LogP contribution in [0.2, 0.25) is 0 Å². The van der Waals surface area contributed by atoms with Gasteiger partial charge in [-0.05, 0) is 37.5 Å². The van der Waals surface area contributed by atoms with Crippen LogP contribution in [0.25, 0.3) is 0 Å². The van der Waals surface area contributed by atoms with Gasteiger partial charge < -0.3 is 21.3 Å². The van der Waals surface area contributed by atoms with E-state index < -0.39 is 18.5 Å². The fraction of sp³-hybridized carbons (Fsp3) is 0.591. The van der Waals surface area contributed by atoms with Crippen LogP contribution in [0.5, 0.6) is 0 Å². The van der Waals surface area contributed by atoms with Crippen LogP contribution in [-0.4, -0.2) is 42.1 Å². The minimum absolute atomic E-state index is 0.118. The molecule has 0 saturated heterocycles. The second kappa shape index (κ2) is 12.6. The topological polar surface area (TPSA) is 66.2 Å². The number of rotatable bonds is 9. The van der Waals surface area contributed by atoms with E-state index in [1.54, 1.807) is 30.3 Å². The Morgan fingerprint density at radius 3 is 2.34 bits per heavy atom. The highest BCUT2D eigenvalue weighted by Crippen LogP contribution is 2.32. The summed E-state index contributed by atoms with van der Waals surface area (Å²) in [5, 5.41) is 5.77. The monoisotopic (exact) mass is 463 g/mol. The second-order valence-electron chi connectivity index (χ2n) is 7.75. The Morgan fingerprint density at radius 1 is 1.25 bits per heavy atom. The van der Waals surface area contributed by atoms with E-state index in [1.165, 1.54) is 0 Å². The zero-order valence-electron chi connectivity index (χ0n) is 18.7. The molecule has 0 spiro atoms. The molecule has 32 heavy (non-hydrogen) atoms. The Labute approximate surface area is 187 Å². The molecule has 1 aliphatic rings. The number of pyridine rings is 1. The number of nitrogens with two attached hydrogens (primary N) is 1. The number of nitrogens with one attached hydrogen (secondary N) is 2. The van der Waals surface area contributed by atoms with Gasteiger partial charge in [-0.15, -0.1) is 0 Å². The van der Waals surface area contributed by atoms with Gasteiger partial charge in [0.15, 0.2) is 0 Å². The van der Waals surface area contributed by atoms with Crippen LogP contribution in [0, 0.1) is 0 Å². The van der Waals surface area contributed by atoms with Crippen molar-refractivity contribution in [2.24, 2.45) is 5.73 Å². The summed E-state index contributed by atoms with van der Waals surface area (Å²) in [4.78, 5) is 5.73. The van der Waals surface area contributed by atoms with E-state index in [9.17, 15) is 22.0 Å². The standard InChI is InChI=1S/C16H24F3N5.C6H10F2/c1-11(10-20)23-15-9-14(5-7-22-15)12(2)24(13(3)21-4)8-6-16(17,18)19;7-6(8)4-2-1-3-5-6/h5,7,9,12,21H,1,3,6,8,10,20H2,2,4H3,(H,22,23);1-5H2. The van der Waals surface area contributed by atoms with Crippen molar-refractivity contribution in [3.63, 3.8) is 0 Å². The predicted molar refractivity (Wildman–Crippen MR) is 118 cm³/mol. The van der Waals surface area contributed by atoms with E-state index in [0.717, 1.165) is 12.0 Å². The molecule has 0 radical (unpaired) electrons. The van der Waals surface area contributed by atoms with Gasteiger partial charge in [0, 0.05) is 44.9 Å². The Hall–Kier alpha value is -2.36. The third-order valence-corrected chi connectivity index (χ3v) is 5.14. The quantitative estimate of drug-likeness (QED) is 0.419. The van der Waals surface area contributed by atoms with Gasteiger partial charge in [0.2, 0.25) is 5.92 Å². The maximum atomic E-state index is 12.6. The van der Waals surface area contributed by atoms with E-state index >= 15 is 0 Å². The second-order valence-corrected chi connectivity index (χ2v) is 7.75. The predicted octanol–water partition coefficient (Wildman–Crippen LogP) is 5.56. The molecule has 5 nitrogen and oxygen atoms in total. The summed E-state index contributed by atoms with van der Waals surface area (Å²) in [5.41, 5.74) is 6.88. The maximum absolute atomic E-state index is 12.6. The summed E-state index contributed by atoms with van der Waals surface area (Å²) < 4.78 is 62.1. The molecule has 182 valence electrons. The Morgan fingerprint density at radius 2 is 1.88 bits per heavy atom. The number of halogens is 5. The van der Waals surface area contributed by atoms with Gasteiger partial charge >= 0.3 is 6.18 Å². The molecule has 1 aromatic rings. The largest absolute Gasteiger partial charge is 0.390 e. The Balaban J connectivity index is 0.000000533. The van der Waals surface area contributed by atoms with Crippen LogP contribution in [0.3, 0.4) is 0 Å². The molecular formula is C22H34F5N5. The van der Waals surface area contributed by atoms with Crippen molar-refractivity contribution in [2.45, 2.75) is 63.6 Å². The first-order chi connectivity index (χ1) is 14.9. The van der Waals surface area contributed by atoms with Gasteiger partial charge in [0.1, 0.15) is 5.82 Å². The smallest absolute Gasteiger partial charge is 0.375 e. The van der Waals surface area contributed by atoms with Crippen LogP contribution in [0.1, 0.15) is 57.1 Å². The molecule has 1 unspecified atom stereocenters. The molecule has 0 amide bonds. The van der Waals surface area contributed by atoms with E-state index in [1.807, 2.05) is 6.92 Å². The van der Waals surface area contributed by atoms with Crippen molar-refractivity contribution in [1.29, 1.82) is 0 Å². The molecule has 1 atom stereocenters. The Bertz CT molecular complexity index is 728.